The molecule has 1 aromatic heterocycles. The standard InChI is InChI=1S/C50H30O/c1-3-15-35-31(12-1)14-11-22-36(35)33-24-26-43-46(29-33)50(45-28-32-13-2-4-16-37(32)38-17-5-6-18-39(38)45)42-21-8-7-20-41(42)49(43)34-25-27-48-44(30-34)40-19-9-10-23-47(40)51-48/h1-30H. The molecule has 0 unspecified atom stereocenters. The minimum absolute atomic E-state index is 0.908. The first kappa shape index (κ1) is 28.2. The molecule has 236 valence electrons. The van der Waals surface area contributed by atoms with Gasteiger partial charge < -0.3 is 4.42 Å². The third-order valence-corrected chi connectivity index (χ3v) is 10.8. The van der Waals surface area contributed by atoms with Gasteiger partial charge in [0.05, 0.1) is 0 Å². The van der Waals surface area contributed by atoms with Crippen molar-refractivity contribution in [3.63, 3.8) is 0 Å². The quantitative estimate of drug-likeness (QED) is 0.138. The fourth-order valence-corrected chi connectivity index (χ4v) is 8.57. The molecule has 0 spiro atoms. The van der Waals surface area contributed by atoms with Gasteiger partial charge in [0.25, 0.3) is 0 Å². The summed E-state index contributed by atoms with van der Waals surface area (Å²) in [5.74, 6) is 0. The first-order chi connectivity index (χ1) is 25.3. The van der Waals surface area contributed by atoms with Crippen molar-refractivity contribution in [3.05, 3.63) is 182 Å². The van der Waals surface area contributed by atoms with Crippen molar-refractivity contribution < 1.29 is 4.42 Å². The Hall–Kier alpha value is -6.70. The Balaban J connectivity index is 1.31. The molecular weight excluding hydrogens is 617 g/mol. The molecule has 11 rings (SSSR count). The van der Waals surface area contributed by atoms with Gasteiger partial charge in [-0.3, -0.25) is 0 Å². The number of benzene rings is 10. The number of fused-ring (bicyclic) bond motifs is 9. The molecule has 0 aliphatic carbocycles. The number of hydrogen-bond acceptors (Lipinski definition) is 1. The zero-order valence-electron chi connectivity index (χ0n) is 27.7. The molecule has 0 saturated heterocycles. The Kier molecular flexibility index (Phi) is 6.02. The molecule has 0 aliphatic heterocycles. The van der Waals surface area contributed by atoms with Gasteiger partial charge >= 0.3 is 0 Å². The highest BCUT2D eigenvalue weighted by atomic mass is 16.3. The summed E-state index contributed by atoms with van der Waals surface area (Å²) in [6.07, 6.45) is 0. The van der Waals surface area contributed by atoms with Crippen molar-refractivity contribution in [1.82, 2.24) is 0 Å². The summed E-state index contributed by atoms with van der Waals surface area (Å²) >= 11 is 0. The number of furan rings is 1. The van der Waals surface area contributed by atoms with Gasteiger partial charge in [0.15, 0.2) is 0 Å². The molecule has 0 amide bonds. The first-order valence-electron chi connectivity index (χ1n) is 17.6. The van der Waals surface area contributed by atoms with E-state index in [0.717, 1.165) is 21.9 Å². The van der Waals surface area contributed by atoms with Crippen LogP contribution in [-0.2, 0) is 0 Å². The van der Waals surface area contributed by atoms with E-state index in [1.54, 1.807) is 0 Å². The van der Waals surface area contributed by atoms with Gasteiger partial charge in [-0.05, 0) is 118 Å². The van der Waals surface area contributed by atoms with Crippen molar-refractivity contribution in [3.8, 4) is 33.4 Å². The summed E-state index contributed by atoms with van der Waals surface area (Å²) in [6, 6.07) is 66.5. The van der Waals surface area contributed by atoms with Gasteiger partial charge in [-0.15, -0.1) is 0 Å². The second kappa shape index (κ2) is 10.9. The second-order valence-electron chi connectivity index (χ2n) is 13.6. The predicted octanol–water partition coefficient (Wildman–Crippen LogP) is 14.4. The molecule has 1 heteroatoms. The van der Waals surface area contributed by atoms with Crippen LogP contribution in [0.1, 0.15) is 0 Å². The lowest BCUT2D eigenvalue weighted by Gasteiger charge is -2.20. The largest absolute Gasteiger partial charge is 0.456 e. The van der Waals surface area contributed by atoms with Crippen LogP contribution in [0.4, 0.5) is 0 Å². The molecule has 0 aliphatic rings. The third-order valence-electron chi connectivity index (χ3n) is 10.8. The van der Waals surface area contributed by atoms with Gasteiger partial charge in [0.2, 0.25) is 0 Å². The number of hydrogen-bond donors (Lipinski definition) is 0. The normalized spacial score (nSPS) is 11.9. The topological polar surface area (TPSA) is 13.1 Å². The molecule has 0 fully saturated rings. The number of rotatable bonds is 3. The lowest BCUT2D eigenvalue weighted by Crippen LogP contribution is -1.93. The van der Waals surface area contributed by atoms with E-state index in [2.05, 4.69) is 176 Å². The Morgan fingerprint density at radius 1 is 0.255 bits per heavy atom. The average molecular weight is 647 g/mol. The lowest BCUT2D eigenvalue weighted by atomic mass is 9.82. The predicted molar refractivity (Wildman–Crippen MR) is 218 cm³/mol. The van der Waals surface area contributed by atoms with Gasteiger partial charge in [0.1, 0.15) is 11.2 Å². The molecular formula is C50H30O. The van der Waals surface area contributed by atoms with Crippen LogP contribution in [-0.4, -0.2) is 0 Å². The van der Waals surface area contributed by atoms with E-state index in [0.29, 0.717) is 0 Å². The average Bonchev–Trinajstić information content (AvgIpc) is 3.57. The van der Waals surface area contributed by atoms with Crippen LogP contribution >= 0.6 is 0 Å². The summed E-state index contributed by atoms with van der Waals surface area (Å²) < 4.78 is 6.27. The Labute approximate surface area is 294 Å². The van der Waals surface area contributed by atoms with Crippen LogP contribution in [0.2, 0.25) is 0 Å². The molecule has 11 aromatic rings. The summed E-state index contributed by atoms with van der Waals surface area (Å²) in [5, 5.41) is 14.8. The van der Waals surface area contributed by atoms with Crippen molar-refractivity contribution >= 4 is 75.8 Å². The van der Waals surface area contributed by atoms with Crippen LogP contribution in [0.25, 0.3) is 109 Å². The highest BCUT2D eigenvalue weighted by molar-refractivity contribution is 6.26. The van der Waals surface area contributed by atoms with Crippen molar-refractivity contribution in [2.45, 2.75) is 0 Å². The van der Waals surface area contributed by atoms with Crippen LogP contribution in [0.15, 0.2) is 186 Å². The van der Waals surface area contributed by atoms with Crippen LogP contribution in [0.5, 0.6) is 0 Å². The molecule has 51 heavy (non-hydrogen) atoms. The lowest BCUT2D eigenvalue weighted by molar-refractivity contribution is 0.669. The van der Waals surface area contributed by atoms with Crippen LogP contribution in [0, 0.1) is 0 Å². The third kappa shape index (κ3) is 4.22. The molecule has 0 atom stereocenters. The highest BCUT2D eigenvalue weighted by Gasteiger charge is 2.21. The molecule has 1 heterocycles. The summed E-state index contributed by atoms with van der Waals surface area (Å²) in [7, 11) is 0. The van der Waals surface area contributed by atoms with Gasteiger partial charge in [-0.25, -0.2) is 0 Å². The zero-order chi connectivity index (χ0) is 33.5. The summed E-state index contributed by atoms with van der Waals surface area (Å²) in [5.41, 5.74) is 9.22. The van der Waals surface area contributed by atoms with Gasteiger partial charge in [0, 0.05) is 10.8 Å². The van der Waals surface area contributed by atoms with Crippen molar-refractivity contribution in [2.24, 2.45) is 0 Å². The maximum atomic E-state index is 6.27. The van der Waals surface area contributed by atoms with E-state index in [9.17, 15) is 0 Å². The van der Waals surface area contributed by atoms with E-state index in [-0.39, 0.29) is 0 Å². The fourth-order valence-electron chi connectivity index (χ4n) is 8.57. The van der Waals surface area contributed by atoms with E-state index < -0.39 is 0 Å². The van der Waals surface area contributed by atoms with Crippen molar-refractivity contribution in [1.29, 1.82) is 0 Å². The van der Waals surface area contributed by atoms with Gasteiger partial charge in [-0.2, -0.15) is 0 Å². The molecule has 0 N–H and O–H groups in total. The monoisotopic (exact) mass is 646 g/mol. The maximum absolute atomic E-state index is 6.27. The minimum Gasteiger partial charge on any atom is -0.456 e. The summed E-state index contributed by atoms with van der Waals surface area (Å²) in [4.78, 5) is 0. The second-order valence-corrected chi connectivity index (χ2v) is 13.6. The van der Waals surface area contributed by atoms with E-state index in [1.807, 2.05) is 6.07 Å². The first-order valence-corrected chi connectivity index (χ1v) is 17.6. The van der Waals surface area contributed by atoms with E-state index in [4.69, 9.17) is 4.42 Å². The maximum Gasteiger partial charge on any atom is 0.135 e. The van der Waals surface area contributed by atoms with Gasteiger partial charge in [-0.1, -0.05) is 152 Å². The Bertz CT molecular complexity index is 3190. The fraction of sp³-hybridized carbons (Fsp3) is 0. The molecule has 0 bridgehead atoms. The minimum atomic E-state index is 0.908. The smallest absolute Gasteiger partial charge is 0.135 e. The Morgan fingerprint density at radius 3 is 1.67 bits per heavy atom. The van der Waals surface area contributed by atoms with Crippen molar-refractivity contribution in [2.75, 3.05) is 0 Å². The SMILES string of the molecule is c1ccc2c(-c3ccc4c(-c5ccc6oc7ccccc7c6c5)c5ccccc5c(-c5cc6ccccc6c6ccccc56)c4c3)cccc2c1. The van der Waals surface area contributed by atoms with Crippen LogP contribution in [0.3, 0.4) is 0 Å². The molecule has 0 radical (unpaired) electrons. The number of para-hydroxylation sites is 1. The van der Waals surface area contributed by atoms with Crippen LogP contribution < -0.4 is 0 Å². The van der Waals surface area contributed by atoms with E-state index in [1.165, 1.54) is 87.2 Å². The summed E-state index contributed by atoms with van der Waals surface area (Å²) in [6.45, 7) is 0. The molecule has 10 aromatic carbocycles. The Morgan fingerprint density at radius 2 is 0.824 bits per heavy atom. The molecule has 0 saturated carbocycles. The zero-order valence-corrected chi connectivity index (χ0v) is 27.7. The molecule has 1 nitrogen and oxygen atoms in total. The highest BCUT2D eigenvalue weighted by Crippen LogP contribution is 2.48. The van der Waals surface area contributed by atoms with E-state index >= 15 is 0 Å².